The fourth-order valence-corrected chi connectivity index (χ4v) is 3.57. The minimum absolute atomic E-state index is 0.0335. The maximum Gasteiger partial charge on any atom is 0.113 e. The fraction of sp³-hybridized carbons (Fsp3) is 0.786. The van der Waals surface area contributed by atoms with Crippen molar-refractivity contribution >= 4 is 11.3 Å². The third kappa shape index (κ3) is 3.52. The van der Waals surface area contributed by atoms with Gasteiger partial charge in [-0.15, -0.1) is 11.3 Å². The molecule has 0 aliphatic carbocycles. The predicted molar refractivity (Wildman–Crippen MR) is 76.7 cm³/mol. The van der Waals surface area contributed by atoms with Crippen LogP contribution in [0.25, 0.3) is 0 Å². The molecule has 17 heavy (non-hydrogen) atoms. The van der Waals surface area contributed by atoms with E-state index in [0.29, 0.717) is 5.92 Å². The summed E-state index contributed by atoms with van der Waals surface area (Å²) in [5.74, 6) is 0.674. The molecule has 1 unspecified atom stereocenters. The van der Waals surface area contributed by atoms with Crippen molar-refractivity contribution in [3.8, 4) is 0 Å². The van der Waals surface area contributed by atoms with E-state index < -0.39 is 0 Å². The summed E-state index contributed by atoms with van der Waals surface area (Å²) >= 11 is 1.85. The number of hydrogen-bond acceptors (Lipinski definition) is 3. The zero-order valence-electron chi connectivity index (χ0n) is 12.1. The first kappa shape index (κ1) is 14.7. The van der Waals surface area contributed by atoms with E-state index in [1.54, 1.807) is 0 Å². The second-order valence-corrected chi connectivity index (χ2v) is 6.54. The molecule has 0 aliphatic heterocycles. The summed E-state index contributed by atoms with van der Waals surface area (Å²) in [6.07, 6.45) is 2.17. The standard InChI is InChI=1S/C14H26N2S/c1-7-12-11(5)17-13(16-12)14(6,15-8-2)9-10(3)4/h10,15H,7-9H2,1-6H3. The first-order valence-electron chi connectivity index (χ1n) is 6.64. The van der Waals surface area contributed by atoms with E-state index in [9.17, 15) is 0 Å². The van der Waals surface area contributed by atoms with Crippen molar-refractivity contribution in [2.45, 2.75) is 59.9 Å². The van der Waals surface area contributed by atoms with E-state index in [-0.39, 0.29) is 5.54 Å². The molecule has 1 heterocycles. The van der Waals surface area contributed by atoms with Gasteiger partial charge in [0.05, 0.1) is 11.2 Å². The Bertz CT molecular complexity index is 357. The summed E-state index contributed by atoms with van der Waals surface area (Å²) in [6.45, 7) is 14.4. The first-order chi connectivity index (χ1) is 7.92. The third-order valence-corrected chi connectivity index (χ3v) is 4.36. The van der Waals surface area contributed by atoms with Gasteiger partial charge in [0.1, 0.15) is 5.01 Å². The van der Waals surface area contributed by atoms with Crippen LogP contribution in [0, 0.1) is 12.8 Å². The fourth-order valence-electron chi connectivity index (χ4n) is 2.43. The van der Waals surface area contributed by atoms with Gasteiger partial charge >= 0.3 is 0 Å². The molecule has 3 heteroatoms. The van der Waals surface area contributed by atoms with Crippen LogP contribution in [0.5, 0.6) is 0 Å². The second-order valence-electron chi connectivity index (χ2n) is 5.34. The van der Waals surface area contributed by atoms with Gasteiger partial charge in [-0.25, -0.2) is 4.98 Å². The Morgan fingerprint density at radius 1 is 1.35 bits per heavy atom. The van der Waals surface area contributed by atoms with Crippen molar-refractivity contribution in [1.82, 2.24) is 10.3 Å². The number of rotatable bonds is 6. The molecule has 0 saturated heterocycles. The van der Waals surface area contributed by atoms with Gasteiger partial charge in [-0.3, -0.25) is 0 Å². The van der Waals surface area contributed by atoms with E-state index in [1.807, 2.05) is 11.3 Å². The summed E-state index contributed by atoms with van der Waals surface area (Å²) in [7, 11) is 0. The largest absolute Gasteiger partial charge is 0.306 e. The van der Waals surface area contributed by atoms with Crippen LogP contribution in [-0.4, -0.2) is 11.5 Å². The molecule has 2 nitrogen and oxygen atoms in total. The molecule has 1 atom stereocenters. The molecule has 1 rings (SSSR count). The van der Waals surface area contributed by atoms with E-state index in [4.69, 9.17) is 4.98 Å². The Morgan fingerprint density at radius 2 is 2.00 bits per heavy atom. The average Bonchev–Trinajstić information content (AvgIpc) is 2.59. The van der Waals surface area contributed by atoms with E-state index in [1.165, 1.54) is 15.6 Å². The van der Waals surface area contributed by atoms with Crippen LogP contribution >= 0.6 is 11.3 Å². The van der Waals surface area contributed by atoms with Gasteiger partial charge in [-0.05, 0) is 39.2 Å². The molecule has 1 N–H and O–H groups in total. The molecule has 98 valence electrons. The van der Waals surface area contributed by atoms with E-state index in [2.05, 4.69) is 46.9 Å². The highest BCUT2D eigenvalue weighted by Gasteiger charge is 2.30. The summed E-state index contributed by atoms with van der Waals surface area (Å²) in [4.78, 5) is 6.20. The zero-order valence-corrected chi connectivity index (χ0v) is 12.9. The summed E-state index contributed by atoms with van der Waals surface area (Å²) < 4.78 is 0. The van der Waals surface area contributed by atoms with Gasteiger partial charge in [0.25, 0.3) is 0 Å². The first-order valence-corrected chi connectivity index (χ1v) is 7.46. The molecular weight excluding hydrogens is 228 g/mol. The molecule has 1 aromatic heterocycles. The lowest BCUT2D eigenvalue weighted by atomic mass is 9.91. The van der Waals surface area contributed by atoms with Crippen LogP contribution in [-0.2, 0) is 12.0 Å². The molecule has 0 aromatic carbocycles. The van der Waals surface area contributed by atoms with Gasteiger partial charge in [-0.1, -0.05) is 27.7 Å². The summed E-state index contributed by atoms with van der Waals surface area (Å²) in [5, 5.41) is 4.87. The van der Waals surface area contributed by atoms with E-state index >= 15 is 0 Å². The highest BCUT2D eigenvalue weighted by molar-refractivity contribution is 7.11. The van der Waals surface area contributed by atoms with Gasteiger partial charge in [0, 0.05) is 4.88 Å². The molecule has 1 aromatic rings. The van der Waals surface area contributed by atoms with Gasteiger partial charge in [0.15, 0.2) is 0 Å². The topological polar surface area (TPSA) is 24.9 Å². The molecule has 0 fully saturated rings. The maximum absolute atomic E-state index is 4.83. The van der Waals surface area contributed by atoms with Gasteiger partial charge in [0.2, 0.25) is 0 Å². The quantitative estimate of drug-likeness (QED) is 0.833. The van der Waals surface area contributed by atoms with Crippen LogP contribution in [0.2, 0.25) is 0 Å². The minimum Gasteiger partial charge on any atom is -0.306 e. The Balaban J connectivity index is 3.03. The zero-order chi connectivity index (χ0) is 13.1. The van der Waals surface area contributed by atoms with Crippen LogP contribution in [0.4, 0.5) is 0 Å². The van der Waals surface area contributed by atoms with Crippen LogP contribution in [0.1, 0.15) is 56.6 Å². The second kappa shape index (κ2) is 5.96. The summed E-state index contributed by atoms with van der Waals surface area (Å²) in [5.41, 5.74) is 1.30. The normalized spacial score (nSPS) is 15.2. The Morgan fingerprint density at radius 3 is 2.41 bits per heavy atom. The Kier molecular flexibility index (Phi) is 5.14. The molecule has 0 spiro atoms. The van der Waals surface area contributed by atoms with Crippen molar-refractivity contribution < 1.29 is 0 Å². The highest BCUT2D eigenvalue weighted by atomic mass is 32.1. The van der Waals surface area contributed by atoms with Gasteiger partial charge in [-0.2, -0.15) is 0 Å². The molecular formula is C14H26N2S. The predicted octanol–water partition coefficient (Wildman–Crippen LogP) is 3.88. The monoisotopic (exact) mass is 254 g/mol. The number of aromatic nitrogens is 1. The Hall–Kier alpha value is -0.410. The lowest BCUT2D eigenvalue weighted by molar-refractivity contribution is 0.302. The van der Waals surface area contributed by atoms with Crippen molar-refractivity contribution in [3.63, 3.8) is 0 Å². The maximum atomic E-state index is 4.83. The lowest BCUT2D eigenvalue weighted by Gasteiger charge is -2.30. The van der Waals surface area contributed by atoms with Crippen molar-refractivity contribution in [2.75, 3.05) is 6.54 Å². The highest BCUT2D eigenvalue weighted by Crippen LogP contribution is 2.33. The average molecular weight is 254 g/mol. The van der Waals surface area contributed by atoms with Gasteiger partial charge < -0.3 is 5.32 Å². The van der Waals surface area contributed by atoms with Crippen LogP contribution in [0.15, 0.2) is 0 Å². The number of nitrogens with one attached hydrogen (secondary N) is 1. The lowest BCUT2D eigenvalue weighted by Crippen LogP contribution is -2.40. The molecule has 0 bridgehead atoms. The Labute approximate surface area is 110 Å². The van der Waals surface area contributed by atoms with Crippen molar-refractivity contribution in [1.29, 1.82) is 0 Å². The smallest absolute Gasteiger partial charge is 0.113 e. The van der Waals surface area contributed by atoms with E-state index in [0.717, 1.165) is 19.4 Å². The molecule has 0 radical (unpaired) electrons. The van der Waals surface area contributed by atoms with Crippen molar-refractivity contribution in [2.24, 2.45) is 5.92 Å². The minimum atomic E-state index is 0.0335. The van der Waals surface area contributed by atoms with Crippen LogP contribution < -0.4 is 5.32 Å². The van der Waals surface area contributed by atoms with Crippen LogP contribution in [0.3, 0.4) is 0 Å². The number of thiazole rings is 1. The number of hydrogen-bond donors (Lipinski definition) is 1. The third-order valence-electron chi connectivity index (χ3n) is 3.08. The molecule has 0 aliphatic rings. The molecule has 0 amide bonds. The molecule has 0 saturated carbocycles. The number of aryl methyl sites for hydroxylation is 2. The summed E-state index contributed by atoms with van der Waals surface area (Å²) in [6, 6.07) is 0. The van der Waals surface area contributed by atoms with Crippen molar-refractivity contribution in [3.05, 3.63) is 15.6 Å². The SMILES string of the molecule is CCNC(C)(CC(C)C)c1nc(CC)c(C)s1. The number of nitrogens with zero attached hydrogens (tertiary/aromatic N) is 1.